The second-order valence-electron chi connectivity index (χ2n) is 5.41. The molecule has 1 aromatic carbocycles. The summed E-state index contributed by atoms with van der Waals surface area (Å²) in [4.78, 5) is 9.13. The zero-order valence-electron chi connectivity index (χ0n) is 11.2. The third-order valence-corrected chi connectivity index (χ3v) is 4.49. The third-order valence-electron chi connectivity index (χ3n) is 3.12. The van der Waals surface area contributed by atoms with E-state index in [1.807, 2.05) is 12.3 Å². The largest absolute Gasteiger partial charge is 0.359 e. The number of benzene rings is 1. The van der Waals surface area contributed by atoms with E-state index in [1.54, 1.807) is 11.8 Å². The second kappa shape index (κ2) is 4.85. The lowest BCUT2D eigenvalue weighted by Crippen LogP contribution is -2.36. The fourth-order valence-corrected chi connectivity index (χ4v) is 3.22. The highest BCUT2D eigenvalue weighted by molar-refractivity contribution is 8.14. The molecule has 3 rings (SSSR count). The van der Waals surface area contributed by atoms with E-state index >= 15 is 0 Å². The van der Waals surface area contributed by atoms with Gasteiger partial charge in [0.05, 0.1) is 12.1 Å². The van der Waals surface area contributed by atoms with E-state index in [-0.39, 0.29) is 5.54 Å². The van der Waals surface area contributed by atoms with Crippen molar-refractivity contribution in [1.29, 1.82) is 0 Å². The summed E-state index contributed by atoms with van der Waals surface area (Å²) in [5.41, 5.74) is 2.38. The van der Waals surface area contributed by atoms with Crippen molar-refractivity contribution in [1.82, 2.24) is 10.3 Å². The molecule has 1 saturated heterocycles. The molecule has 98 valence electrons. The summed E-state index contributed by atoms with van der Waals surface area (Å²) in [5, 5.41) is 5.65. The van der Waals surface area contributed by atoms with Gasteiger partial charge in [0, 0.05) is 22.9 Å². The molecule has 19 heavy (non-hydrogen) atoms. The van der Waals surface area contributed by atoms with Crippen LogP contribution < -0.4 is 5.32 Å². The first-order valence-corrected chi connectivity index (χ1v) is 7.41. The third kappa shape index (κ3) is 2.73. The van der Waals surface area contributed by atoms with Gasteiger partial charge in [0.15, 0.2) is 5.17 Å². The van der Waals surface area contributed by atoms with E-state index in [2.05, 4.69) is 53.4 Å². The van der Waals surface area contributed by atoms with Crippen molar-refractivity contribution < 1.29 is 0 Å². The van der Waals surface area contributed by atoms with Crippen LogP contribution in [0.15, 0.2) is 41.5 Å². The number of thioether (sulfide) groups is 1. The molecule has 0 atom stereocenters. The van der Waals surface area contributed by atoms with Crippen molar-refractivity contribution in [2.45, 2.75) is 25.9 Å². The molecule has 1 fully saturated rings. The molecule has 1 aromatic heterocycles. The van der Waals surface area contributed by atoms with E-state index < -0.39 is 0 Å². The zero-order chi connectivity index (χ0) is 13.3. The number of aliphatic imine (C=N–C) groups is 1. The lowest BCUT2D eigenvalue weighted by molar-refractivity contribution is 0.536. The lowest BCUT2D eigenvalue weighted by atomic mass is 10.1. The van der Waals surface area contributed by atoms with Crippen LogP contribution in [0, 0.1) is 0 Å². The number of nitrogens with zero attached hydrogens (tertiary/aromatic N) is 2. The molecule has 0 radical (unpaired) electrons. The van der Waals surface area contributed by atoms with E-state index in [1.165, 1.54) is 10.9 Å². The van der Waals surface area contributed by atoms with Crippen LogP contribution in [0.5, 0.6) is 0 Å². The highest BCUT2D eigenvalue weighted by Gasteiger charge is 2.27. The van der Waals surface area contributed by atoms with Crippen LogP contribution in [0.25, 0.3) is 10.9 Å². The van der Waals surface area contributed by atoms with Crippen molar-refractivity contribution >= 4 is 27.8 Å². The number of fused-ring (bicyclic) bond motifs is 1. The van der Waals surface area contributed by atoms with Gasteiger partial charge in [0.2, 0.25) is 0 Å². The number of rotatable bonds is 2. The molecule has 0 unspecified atom stereocenters. The smallest absolute Gasteiger partial charge is 0.157 e. The molecule has 0 bridgehead atoms. The molecule has 2 aromatic rings. The minimum absolute atomic E-state index is 0.153. The Hall–Kier alpha value is -1.55. The van der Waals surface area contributed by atoms with E-state index in [4.69, 9.17) is 0 Å². The summed E-state index contributed by atoms with van der Waals surface area (Å²) in [6.07, 6.45) is 1.84. The first-order chi connectivity index (χ1) is 9.14. The van der Waals surface area contributed by atoms with Gasteiger partial charge in [-0.05, 0) is 25.5 Å². The Morgan fingerprint density at radius 3 is 2.95 bits per heavy atom. The number of pyridine rings is 1. The predicted octanol–water partition coefficient (Wildman–Crippen LogP) is 3.21. The van der Waals surface area contributed by atoms with Crippen LogP contribution in [0.4, 0.5) is 0 Å². The Morgan fingerprint density at radius 2 is 2.16 bits per heavy atom. The molecule has 1 N–H and O–H groups in total. The fraction of sp³-hybridized carbons (Fsp3) is 0.333. The van der Waals surface area contributed by atoms with Crippen molar-refractivity contribution in [2.24, 2.45) is 4.99 Å². The molecule has 0 amide bonds. The molecular weight excluding hydrogens is 254 g/mol. The second-order valence-corrected chi connectivity index (χ2v) is 6.38. The number of aromatic nitrogens is 1. The van der Waals surface area contributed by atoms with Gasteiger partial charge < -0.3 is 5.32 Å². The molecule has 4 heteroatoms. The Labute approximate surface area is 117 Å². The van der Waals surface area contributed by atoms with Crippen LogP contribution in [-0.2, 0) is 6.54 Å². The molecule has 0 spiro atoms. The van der Waals surface area contributed by atoms with Crippen LogP contribution >= 0.6 is 11.8 Å². The SMILES string of the molecule is CC1(C)CSC(=NCc2cccc3cccnc23)N1. The Kier molecular flexibility index (Phi) is 3.19. The number of hydrogen-bond donors (Lipinski definition) is 1. The molecule has 0 aliphatic carbocycles. The van der Waals surface area contributed by atoms with Crippen molar-refractivity contribution in [3.8, 4) is 0 Å². The maximum Gasteiger partial charge on any atom is 0.157 e. The summed E-state index contributed by atoms with van der Waals surface area (Å²) in [6.45, 7) is 5.07. The molecule has 1 aliphatic rings. The average molecular weight is 271 g/mol. The van der Waals surface area contributed by atoms with E-state index in [0.717, 1.165) is 16.4 Å². The summed E-state index contributed by atoms with van der Waals surface area (Å²) < 4.78 is 0. The van der Waals surface area contributed by atoms with Gasteiger partial charge >= 0.3 is 0 Å². The molecular formula is C15H17N3S. The summed E-state index contributed by atoms with van der Waals surface area (Å²) in [7, 11) is 0. The highest BCUT2D eigenvalue weighted by atomic mass is 32.2. The van der Waals surface area contributed by atoms with E-state index in [0.29, 0.717) is 6.54 Å². The summed E-state index contributed by atoms with van der Waals surface area (Å²) in [5.74, 6) is 1.07. The fourth-order valence-electron chi connectivity index (χ4n) is 2.15. The number of para-hydroxylation sites is 1. The predicted molar refractivity (Wildman–Crippen MR) is 82.6 cm³/mol. The number of hydrogen-bond acceptors (Lipinski definition) is 3. The number of amidine groups is 1. The Bertz CT molecular complexity index is 629. The minimum Gasteiger partial charge on any atom is -0.359 e. The van der Waals surface area contributed by atoms with Crippen molar-refractivity contribution in [3.63, 3.8) is 0 Å². The van der Waals surface area contributed by atoms with Gasteiger partial charge in [-0.1, -0.05) is 36.0 Å². The normalized spacial score (nSPS) is 19.8. The standard InChI is InChI=1S/C15H17N3S/c1-15(2)10-19-14(18-15)17-9-12-6-3-5-11-7-4-8-16-13(11)12/h3-8H,9-10H2,1-2H3,(H,17,18). The van der Waals surface area contributed by atoms with Crippen LogP contribution in [-0.4, -0.2) is 21.4 Å². The quantitative estimate of drug-likeness (QED) is 0.911. The summed E-state index contributed by atoms with van der Waals surface area (Å²) >= 11 is 1.79. The van der Waals surface area contributed by atoms with Gasteiger partial charge in [-0.2, -0.15) is 0 Å². The first-order valence-electron chi connectivity index (χ1n) is 6.42. The van der Waals surface area contributed by atoms with E-state index in [9.17, 15) is 0 Å². The topological polar surface area (TPSA) is 37.3 Å². The van der Waals surface area contributed by atoms with Crippen LogP contribution in [0.2, 0.25) is 0 Å². The van der Waals surface area contributed by atoms with Crippen molar-refractivity contribution in [2.75, 3.05) is 5.75 Å². The molecule has 2 heterocycles. The average Bonchev–Trinajstić information content (AvgIpc) is 2.76. The molecule has 3 nitrogen and oxygen atoms in total. The van der Waals surface area contributed by atoms with Gasteiger partial charge in [-0.25, -0.2) is 0 Å². The van der Waals surface area contributed by atoms with Gasteiger partial charge in [-0.3, -0.25) is 9.98 Å². The van der Waals surface area contributed by atoms with Crippen molar-refractivity contribution in [3.05, 3.63) is 42.1 Å². The number of nitrogens with one attached hydrogen (secondary N) is 1. The highest BCUT2D eigenvalue weighted by Crippen LogP contribution is 2.23. The Morgan fingerprint density at radius 1 is 1.32 bits per heavy atom. The Balaban J connectivity index is 1.85. The lowest BCUT2D eigenvalue weighted by Gasteiger charge is -2.15. The monoisotopic (exact) mass is 271 g/mol. The van der Waals surface area contributed by atoms with Gasteiger partial charge in [-0.15, -0.1) is 0 Å². The van der Waals surface area contributed by atoms with Crippen LogP contribution in [0.3, 0.4) is 0 Å². The maximum atomic E-state index is 4.67. The first kappa shape index (κ1) is 12.5. The van der Waals surface area contributed by atoms with Crippen LogP contribution in [0.1, 0.15) is 19.4 Å². The summed E-state index contributed by atoms with van der Waals surface area (Å²) in [6, 6.07) is 10.3. The zero-order valence-corrected chi connectivity index (χ0v) is 12.0. The van der Waals surface area contributed by atoms with Gasteiger partial charge in [0.1, 0.15) is 0 Å². The molecule has 0 saturated carbocycles. The maximum absolute atomic E-state index is 4.67. The molecule has 1 aliphatic heterocycles. The van der Waals surface area contributed by atoms with Gasteiger partial charge in [0.25, 0.3) is 0 Å². The minimum atomic E-state index is 0.153.